The normalized spacial score (nSPS) is 14.8. The van der Waals surface area contributed by atoms with Gasteiger partial charge >= 0.3 is 6.18 Å². The van der Waals surface area contributed by atoms with Gasteiger partial charge < -0.3 is 14.7 Å². The van der Waals surface area contributed by atoms with Crippen molar-refractivity contribution in [2.45, 2.75) is 77.1 Å². The minimum Gasteiger partial charge on any atom is -0.412 e. The van der Waals surface area contributed by atoms with Crippen molar-refractivity contribution in [2.75, 3.05) is 0 Å². The van der Waals surface area contributed by atoms with Crippen LogP contribution in [-0.2, 0) is 17.1 Å². The van der Waals surface area contributed by atoms with E-state index in [-0.39, 0.29) is 39.5 Å². The molecule has 0 saturated carbocycles. The van der Waals surface area contributed by atoms with E-state index in [1.807, 2.05) is 6.92 Å². The first-order chi connectivity index (χ1) is 16.5. The third kappa shape index (κ3) is 6.01. The molecular weight excluding hydrogens is 492 g/mol. The first-order valence-electron chi connectivity index (χ1n) is 11.7. The minimum atomic E-state index is -4.60. The zero-order chi connectivity index (χ0) is 27.1. The lowest BCUT2D eigenvalue weighted by atomic mass is 10.1. The van der Waals surface area contributed by atoms with Crippen LogP contribution in [0.25, 0.3) is 22.2 Å². The number of aryl methyl sites for hydroxylation is 1. The Morgan fingerprint density at radius 1 is 1.14 bits per heavy atom. The summed E-state index contributed by atoms with van der Waals surface area (Å²) in [7, 11) is -2.08. The smallest absolute Gasteiger partial charge is 0.412 e. The molecule has 196 valence electrons. The molecule has 0 aliphatic carbocycles. The molecule has 0 saturated heterocycles. The molecule has 2 aromatic heterocycles. The Kier molecular flexibility index (Phi) is 7.78. The maximum atomic E-state index is 14.9. The number of alkyl halides is 3. The second-order valence-corrected chi connectivity index (χ2v) is 15.3. The van der Waals surface area contributed by atoms with Crippen molar-refractivity contribution in [1.29, 1.82) is 0 Å². The fourth-order valence-corrected chi connectivity index (χ4v) is 4.96. The second-order valence-electron chi connectivity index (χ2n) is 10.6. The topological polar surface area (TPSA) is 83.0 Å². The number of hydrogen-bond donors (Lipinski definition) is 1. The molecule has 1 unspecified atom stereocenters. The van der Waals surface area contributed by atoms with Crippen LogP contribution < -0.4 is 11.3 Å². The maximum Gasteiger partial charge on any atom is 0.419 e. The second kappa shape index (κ2) is 10.0. The molecule has 2 atom stereocenters. The largest absolute Gasteiger partial charge is 0.419 e. The van der Waals surface area contributed by atoms with Gasteiger partial charge in [-0.3, -0.25) is 4.79 Å². The van der Waals surface area contributed by atoms with E-state index in [2.05, 4.69) is 43.8 Å². The van der Waals surface area contributed by atoms with Gasteiger partial charge in [0, 0.05) is 31.2 Å². The Hall–Kier alpha value is -2.63. The zero-order valence-electron chi connectivity index (χ0n) is 21.3. The van der Waals surface area contributed by atoms with Crippen molar-refractivity contribution in [1.82, 2.24) is 14.5 Å². The number of rotatable bonds is 7. The first-order valence-corrected chi connectivity index (χ1v) is 14.6. The van der Waals surface area contributed by atoms with E-state index in [4.69, 9.17) is 10.2 Å². The van der Waals surface area contributed by atoms with Gasteiger partial charge in [-0.15, -0.1) is 0 Å². The number of aromatic nitrogens is 3. The standard InChI is InChI=1S/C25H32F4N4O2Si/c1-15(30)21(35-36(5,6)24(2,3)4)8-10-33-9-7-16-11-19(20(26)12-18(16)23(33)34)22-31-13-17(14-32-22)25(27,28)29/h7,9,11-15,21H,8,10,30H2,1-6H3/t15-,21?/m0/s1. The molecule has 6 nitrogen and oxygen atoms in total. The summed E-state index contributed by atoms with van der Waals surface area (Å²) in [5.74, 6) is -0.999. The van der Waals surface area contributed by atoms with Crippen LogP contribution >= 0.6 is 0 Å². The van der Waals surface area contributed by atoms with Crippen LogP contribution in [0.4, 0.5) is 17.6 Å². The quantitative estimate of drug-likeness (QED) is 0.315. The summed E-state index contributed by atoms with van der Waals surface area (Å²) in [5.41, 5.74) is 4.68. The highest BCUT2D eigenvalue weighted by atomic mass is 28.4. The summed E-state index contributed by atoms with van der Waals surface area (Å²) in [5, 5.41) is 0.581. The zero-order valence-corrected chi connectivity index (χ0v) is 22.3. The molecule has 0 radical (unpaired) electrons. The van der Waals surface area contributed by atoms with E-state index in [0.717, 1.165) is 6.07 Å². The van der Waals surface area contributed by atoms with Gasteiger partial charge in [0.1, 0.15) is 5.82 Å². The number of nitrogens with zero attached hydrogens (tertiary/aromatic N) is 3. The molecule has 0 bridgehead atoms. The lowest BCUT2D eigenvalue weighted by molar-refractivity contribution is -0.138. The van der Waals surface area contributed by atoms with E-state index >= 15 is 0 Å². The van der Waals surface area contributed by atoms with Crippen LogP contribution in [0.15, 0.2) is 41.6 Å². The highest BCUT2D eigenvalue weighted by Crippen LogP contribution is 2.38. The number of nitrogens with two attached hydrogens (primary N) is 1. The molecule has 0 aliphatic rings. The predicted octanol–water partition coefficient (Wildman–Crippen LogP) is 5.74. The summed E-state index contributed by atoms with van der Waals surface area (Å²) < 4.78 is 61.2. The average molecular weight is 525 g/mol. The molecule has 11 heteroatoms. The van der Waals surface area contributed by atoms with Gasteiger partial charge in [-0.1, -0.05) is 20.8 Å². The maximum absolute atomic E-state index is 14.9. The van der Waals surface area contributed by atoms with E-state index in [9.17, 15) is 22.4 Å². The van der Waals surface area contributed by atoms with Crippen molar-refractivity contribution in [3.63, 3.8) is 0 Å². The van der Waals surface area contributed by atoms with E-state index in [1.165, 1.54) is 10.6 Å². The molecule has 2 N–H and O–H groups in total. The van der Waals surface area contributed by atoms with Crippen LogP contribution in [0, 0.1) is 5.82 Å². The monoisotopic (exact) mass is 524 g/mol. The summed E-state index contributed by atoms with van der Waals surface area (Å²) >= 11 is 0. The van der Waals surface area contributed by atoms with Crippen molar-refractivity contribution in [2.24, 2.45) is 5.73 Å². The molecule has 2 heterocycles. The summed E-state index contributed by atoms with van der Waals surface area (Å²) in [6.07, 6.45) is -1.53. The van der Waals surface area contributed by atoms with Gasteiger partial charge in [0.2, 0.25) is 0 Å². The fourth-order valence-electron chi connectivity index (χ4n) is 3.52. The summed E-state index contributed by atoms with van der Waals surface area (Å²) in [6, 6.07) is 3.85. The molecule has 36 heavy (non-hydrogen) atoms. The Morgan fingerprint density at radius 2 is 1.75 bits per heavy atom. The van der Waals surface area contributed by atoms with Gasteiger partial charge in [0.25, 0.3) is 5.56 Å². The van der Waals surface area contributed by atoms with Gasteiger partial charge in [-0.2, -0.15) is 13.2 Å². The third-order valence-corrected chi connectivity index (χ3v) is 11.3. The SMILES string of the molecule is C[C@H](N)C(CCn1ccc2cc(-c3ncc(C(F)(F)F)cn3)c(F)cc2c1=O)O[Si](C)(C)C(C)(C)C. The molecule has 1 aromatic carbocycles. The van der Waals surface area contributed by atoms with E-state index in [0.29, 0.717) is 30.7 Å². The van der Waals surface area contributed by atoms with Crippen LogP contribution in [0.5, 0.6) is 0 Å². The third-order valence-electron chi connectivity index (χ3n) is 6.78. The lowest BCUT2D eigenvalue weighted by Crippen LogP contribution is -2.48. The molecular formula is C25H32F4N4O2Si. The average Bonchev–Trinajstić information content (AvgIpc) is 2.76. The fraction of sp³-hybridized carbons (Fsp3) is 0.480. The number of benzene rings is 1. The van der Waals surface area contributed by atoms with Crippen molar-refractivity contribution in [3.8, 4) is 11.4 Å². The summed E-state index contributed by atoms with van der Waals surface area (Å²) in [6.45, 7) is 12.9. The predicted molar refractivity (Wildman–Crippen MR) is 135 cm³/mol. The van der Waals surface area contributed by atoms with Crippen molar-refractivity contribution in [3.05, 3.63) is 58.5 Å². The van der Waals surface area contributed by atoms with Crippen LogP contribution in [0.2, 0.25) is 18.1 Å². The Morgan fingerprint density at radius 3 is 2.28 bits per heavy atom. The van der Waals surface area contributed by atoms with E-state index in [1.54, 1.807) is 12.3 Å². The Balaban J connectivity index is 1.87. The van der Waals surface area contributed by atoms with Crippen molar-refractivity contribution >= 4 is 19.1 Å². The first kappa shape index (κ1) is 27.9. The van der Waals surface area contributed by atoms with Gasteiger partial charge in [0.05, 0.1) is 22.6 Å². The minimum absolute atomic E-state index is 0.00589. The number of pyridine rings is 1. The highest BCUT2D eigenvalue weighted by Gasteiger charge is 2.39. The van der Waals surface area contributed by atoms with Gasteiger partial charge in [0.15, 0.2) is 14.1 Å². The Bertz CT molecular complexity index is 1280. The Labute approximate surface area is 208 Å². The molecule has 3 aromatic rings. The highest BCUT2D eigenvalue weighted by molar-refractivity contribution is 6.74. The molecule has 0 aliphatic heterocycles. The van der Waals surface area contributed by atoms with Crippen LogP contribution in [0.1, 0.15) is 39.7 Å². The number of halogens is 4. The molecule has 0 amide bonds. The van der Waals surface area contributed by atoms with Gasteiger partial charge in [-0.25, -0.2) is 14.4 Å². The van der Waals surface area contributed by atoms with Gasteiger partial charge in [-0.05, 0) is 55.1 Å². The lowest BCUT2D eigenvalue weighted by Gasteiger charge is -2.40. The molecule has 0 fully saturated rings. The number of hydrogen-bond acceptors (Lipinski definition) is 5. The van der Waals surface area contributed by atoms with Crippen molar-refractivity contribution < 1.29 is 22.0 Å². The van der Waals surface area contributed by atoms with E-state index < -0.39 is 25.9 Å². The summed E-state index contributed by atoms with van der Waals surface area (Å²) in [4.78, 5) is 20.4. The molecule has 3 rings (SSSR count). The number of fused-ring (bicyclic) bond motifs is 1. The molecule has 0 spiro atoms. The van der Waals surface area contributed by atoms with Crippen LogP contribution in [-0.4, -0.2) is 35.0 Å². The van der Waals surface area contributed by atoms with Crippen LogP contribution in [0.3, 0.4) is 0 Å².